The first kappa shape index (κ1) is 14.7. The van der Waals surface area contributed by atoms with Crippen molar-refractivity contribution in [2.75, 3.05) is 11.9 Å². The van der Waals surface area contributed by atoms with Crippen LogP contribution in [0.1, 0.15) is 6.92 Å². The third-order valence-corrected chi connectivity index (χ3v) is 2.74. The number of amides is 2. The van der Waals surface area contributed by atoms with Crippen LogP contribution in [0.4, 0.5) is 5.82 Å². The molecule has 110 valence electrons. The van der Waals surface area contributed by atoms with Crippen molar-refractivity contribution >= 4 is 17.6 Å². The van der Waals surface area contributed by atoms with Crippen LogP contribution in [0.25, 0.3) is 5.69 Å². The highest BCUT2D eigenvalue weighted by atomic mass is 16.3. The lowest BCUT2D eigenvalue weighted by atomic mass is 10.3. The number of nitrogens with one attached hydrogen (secondary N) is 2. The molecule has 1 atom stereocenters. The molecule has 7 nitrogen and oxygen atoms in total. The average Bonchev–Trinajstić information content (AvgIpc) is 2.96. The van der Waals surface area contributed by atoms with E-state index >= 15 is 0 Å². The molecule has 0 fully saturated rings. The third-order valence-electron chi connectivity index (χ3n) is 2.74. The Kier molecular flexibility index (Phi) is 4.68. The summed E-state index contributed by atoms with van der Waals surface area (Å²) in [6.45, 7) is 1.36. The molecule has 7 heteroatoms. The molecule has 0 saturated carbocycles. The molecule has 2 aromatic rings. The number of aliphatic hydroxyl groups is 1. The largest absolute Gasteiger partial charge is 0.394 e. The first-order chi connectivity index (χ1) is 10.1. The first-order valence-electron chi connectivity index (χ1n) is 6.44. The Hall–Kier alpha value is -2.67. The molecule has 1 heterocycles. The average molecular weight is 288 g/mol. The Morgan fingerprint density at radius 1 is 1.24 bits per heavy atom. The van der Waals surface area contributed by atoms with E-state index in [4.69, 9.17) is 5.11 Å². The molecular weight excluding hydrogens is 272 g/mol. The van der Waals surface area contributed by atoms with Crippen LogP contribution >= 0.6 is 0 Å². The minimum absolute atomic E-state index is 0.235. The molecule has 21 heavy (non-hydrogen) atoms. The molecule has 0 radical (unpaired) electrons. The van der Waals surface area contributed by atoms with E-state index in [0.29, 0.717) is 5.82 Å². The minimum Gasteiger partial charge on any atom is -0.394 e. The number of aliphatic hydroxyl groups excluding tert-OH is 1. The number of para-hydroxylation sites is 1. The van der Waals surface area contributed by atoms with Crippen molar-refractivity contribution in [3.8, 4) is 5.69 Å². The van der Waals surface area contributed by atoms with Gasteiger partial charge in [-0.05, 0) is 19.1 Å². The van der Waals surface area contributed by atoms with Gasteiger partial charge in [0.1, 0.15) is 5.82 Å². The summed E-state index contributed by atoms with van der Waals surface area (Å²) in [5.41, 5.74) is 0.766. The number of benzene rings is 1. The maximum absolute atomic E-state index is 11.8. The van der Waals surface area contributed by atoms with E-state index in [2.05, 4.69) is 15.7 Å². The Labute approximate surface area is 121 Å². The summed E-state index contributed by atoms with van der Waals surface area (Å²) in [6, 6.07) is 10.3. The van der Waals surface area contributed by atoms with Gasteiger partial charge in [0.2, 0.25) is 0 Å². The molecular formula is C14H16N4O3. The van der Waals surface area contributed by atoms with Crippen molar-refractivity contribution in [1.82, 2.24) is 15.1 Å². The van der Waals surface area contributed by atoms with Crippen LogP contribution in [0.3, 0.4) is 0 Å². The molecule has 2 amide bonds. The Bertz CT molecular complexity index is 624. The molecule has 0 aliphatic rings. The lowest BCUT2D eigenvalue weighted by molar-refractivity contribution is -0.136. The normalized spacial score (nSPS) is 11.7. The van der Waals surface area contributed by atoms with Gasteiger partial charge in [-0.2, -0.15) is 5.10 Å². The molecule has 1 aromatic heterocycles. The highest BCUT2D eigenvalue weighted by Crippen LogP contribution is 2.13. The molecule has 0 aliphatic heterocycles. The summed E-state index contributed by atoms with van der Waals surface area (Å²) in [6.07, 6.45) is 1.52. The van der Waals surface area contributed by atoms with Gasteiger partial charge in [-0.3, -0.25) is 9.59 Å². The highest BCUT2D eigenvalue weighted by Gasteiger charge is 2.17. The third kappa shape index (κ3) is 3.67. The van der Waals surface area contributed by atoms with Gasteiger partial charge < -0.3 is 15.7 Å². The number of hydrogen-bond acceptors (Lipinski definition) is 4. The molecule has 2 rings (SSSR count). The molecule has 0 saturated heterocycles. The van der Waals surface area contributed by atoms with E-state index in [9.17, 15) is 9.59 Å². The predicted molar refractivity (Wildman–Crippen MR) is 76.9 cm³/mol. The molecule has 3 N–H and O–H groups in total. The van der Waals surface area contributed by atoms with Crippen LogP contribution < -0.4 is 10.6 Å². The van der Waals surface area contributed by atoms with Gasteiger partial charge in [0.25, 0.3) is 0 Å². The Balaban J connectivity index is 2.09. The SMILES string of the molecule is C[C@@H](CO)NC(=O)C(=O)Nc1ccnn1-c1ccccc1. The van der Waals surface area contributed by atoms with Crippen LogP contribution in [-0.2, 0) is 9.59 Å². The first-order valence-corrected chi connectivity index (χ1v) is 6.44. The number of anilines is 1. The summed E-state index contributed by atoms with van der Waals surface area (Å²) >= 11 is 0. The lowest BCUT2D eigenvalue weighted by Gasteiger charge is -2.11. The van der Waals surface area contributed by atoms with Crippen molar-refractivity contribution in [2.24, 2.45) is 0 Å². The zero-order valence-electron chi connectivity index (χ0n) is 11.5. The van der Waals surface area contributed by atoms with E-state index in [0.717, 1.165) is 5.69 Å². The number of carbonyl (C=O) groups excluding carboxylic acids is 2. The van der Waals surface area contributed by atoms with Crippen molar-refractivity contribution in [3.63, 3.8) is 0 Å². The minimum atomic E-state index is -0.812. The highest BCUT2D eigenvalue weighted by molar-refractivity contribution is 6.39. The van der Waals surface area contributed by atoms with Crippen LogP contribution in [0.5, 0.6) is 0 Å². The van der Waals surface area contributed by atoms with Crippen LogP contribution in [-0.4, -0.2) is 39.4 Å². The van der Waals surface area contributed by atoms with Gasteiger partial charge >= 0.3 is 11.8 Å². The molecule has 0 unspecified atom stereocenters. The van der Waals surface area contributed by atoms with Gasteiger partial charge in [-0.25, -0.2) is 4.68 Å². The van der Waals surface area contributed by atoms with Crippen LogP contribution in [0, 0.1) is 0 Å². The molecule has 0 bridgehead atoms. The summed E-state index contributed by atoms with van der Waals surface area (Å²) in [4.78, 5) is 23.4. The van der Waals surface area contributed by atoms with E-state index in [1.165, 1.54) is 10.9 Å². The molecule has 0 aliphatic carbocycles. The molecule has 1 aromatic carbocycles. The predicted octanol–water partition coefficient (Wildman–Crippen LogP) is 0.308. The van der Waals surface area contributed by atoms with Gasteiger partial charge in [-0.1, -0.05) is 18.2 Å². The fraction of sp³-hybridized carbons (Fsp3) is 0.214. The van der Waals surface area contributed by atoms with E-state index in [-0.39, 0.29) is 6.61 Å². The Morgan fingerprint density at radius 3 is 2.62 bits per heavy atom. The second-order valence-corrected chi connectivity index (χ2v) is 4.48. The van der Waals surface area contributed by atoms with Crippen molar-refractivity contribution in [1.29, 1.82) is 0 Å². The zero-order valence-corrected chi connectivity index (χ0v) is 11.5. The number of rotatable bonds is 4. The maximum atomic E-state index is 11.8. The smallest absolute Gasteiger partial charge is 0.314 e. The topological polar surface area (TPSA) is 96.2 Å². The number of carbonyl (C=O) groups is 2. The second-order valence-electron chi connectivity index (χ2n) is 4.48. The quantitative estimate of drug-likeness (QED) is 0.705. The standard InChI is InChI=1S/C14H16N4O3/c1-10(9-19)16-13(20)14(21)17-12-7-8-15-18(12)11-5-3-2-4-6-11/h2-8,10,19H,9H2,1H3,(H,16,20)(H,17,21)/t10-/m0/s1. The van der Waals surface area contributed by atoms with Crippen LogP contribution in [0.2, 0.25) is 0 Å². The monoisotopic (exact) mass is 288 g/mol. The van der Waals surface area contributed by atoms with Crippen molar-refractivity contribution in [2.45, 2.75) is 13.0 Å². The number of hydrogen-bond donors (Lipinski definition) is 3. The summed E-state index contributed by atoms with van der Waals surface area (Å²) in [5, 5.41) is 17.8. The summed E-state index contributed by atoms with van der Waals surface area (Å²) in [7, 11) is 0. The van der Waals surface area contributed by atoms with Gasteiger partial charge in [0, 0.05) is 12.1 Å². The lowest BCUT2D eigenvalue weighted by Crippen LogP contribution is -2.42. The maximum Gasteiger partial charge on any atom is 0.314 e. The summed E-state index contributed by atoms with van der Waals surface area (Å²) in [5.74, 6) is -1.23. The molecule has 0 spiro atoms. The van der Waals surface area contributed by atoms with Crippen LogP contribution in [0.15, 0.2) is 42.6 Å². The number of aromatic nitrogens is 2. The Morgan fingerprint density at radius 2 is 1.95 bits per heavy atom. The van der Waals surface area contributed by atoms with E-state index in [1.807, 2.05) is 30.3 Å². The summed E-state index contributed by atoms with van der Waals surface area (Å²) < 4.78 is 1.51. The van der Waals surface area contributed by atoms with E-state index < -0.39 is 17.9 Å². The van der Waals surface area contributed by atoms with Gasteiger partial charge in [-0.15, -0.1) is 0 Å². The van der Waals surface area contributed by atoms with Crippen molar-refractivity contribution in [3.05, 3.63) is 42.6 Å². The van der Waals surface area contributed by atoms with Gasteiger partial charge in [0.15, 0.2) is 0 Å². The van der Waals surface area contributed by atoms with Crippen molar-refractivity contribution < 1.29 is 14.7 Å². The fourth-order valence-electron chi connectivity index (χ4n) is 1.68. The number of nitrogens with zero attached hydrogens (tertiary/aromatic N) is 2. The fourth-order valence-corrected chi connectivity index (χ4v) is 1.68. The van der Waals surface area contributed by atoms with Gasteiger partial charge in [0.05, 0.1) is 18.5 Å². The second kappa shape index (κ2) is 6.67. The van der Waals surface area contributed by atoms with E-state index in [1.54, 1.807) is 13.0 Å². The zero-order chi connectivity index (χ0) is 15.2.